The summed E-state index contributed by atoms with van der Waals surface area (Å²) in [7, 11) is 1.29. The zero-order valence-corrected chi connectivity index (χ0v) is 11.3. The van der Waals surface area contributed by atoms with Crippen LogP contribution in [-0.4, -0.2) is 25.0 Å². The van der Waals surface area contributed by atoms with Crippen LogP contribution in [0.25, 0.3) is 0 Å². The van der Waals surface area contributed by atoms with Crippen LogP contribution in [-0.2, 0) is 14.3 Å². The lowest BCUT2D eigenvalue weighted by atomic mass is 10.1. The molecule has 0 unspecified atom stereocenters. The third-order valence-electron chi connectivity index (χ3n) is 2.79. The van der Waals surface area contributed by atoms with E-state index >= 15 is 0 Å². The Balaban J connectivity index is 2.82. The molecule has 0 saturated carbocycles. The first kappa shape index (κ1) is 15.2. The van der Waals surface area contributed by atoms with Crippen molar-refractivity contribution in [2.75, 3.05) is 7.11 Å². The highest BCUT2D eigenvalue weighted by Gasteiger charge is 2.25. The molecule has 1 aromatic rings. The summed E-state index contributed by atoms with van der Waals surface area (Å²) in [5.41, 5.74) is 6.40. The number of esters is 1. The van der Waals surface area contributed by atoms with E-state index < -0.39 is 18.1 Å². The van der Waals surface area contributed by atoms with Crippen LogP contribution in [0, 0.1) is 0 Å². The molecule has 0 aliphatic heterocycles. The van der Waals surface area contributed by atoms with Gasteiger partial charge >= 0.3 is 5.97 Å². The van der Waals surface area contributed by atoms with Crippen molar-refractivity contribution in [2.24, 2.45) is 5.73 Å². The average Bonchev–Trinajstić information content (AvgIpc) is 2.44. The van der Waals surface area contributed by atoms with Gasteiger partial charge in [-0.1, -0.05) is 43.7 Å². The monoisotopic (exact) mass is 264 g/mol. The first-order chi connectivity index (χ1) is 9.10. The van der Waals surface area contributed by atoms with Gasteiger partial charge in [-0.15, -0.1) is 0 Å². The Bertz CT molecular complexity index is 420. The minimum absolute atomic E-state index is 0.346. The van der Waals surface area contributed by atoms with Gasteiger partial charge in [-0.2, -0.15) is 0 Å². The van der Waals surface area contributed by atoms with E-state index in [4.69, 9.17) is 10.5 Å². The summed E-state index contributed by atoms with van der Waals surface area (Å²) in [4.78, 5) is 23.6. The van der Waals surface area contributed by atoms with Gasteiger partial charge in [-0.25, -0.2) is 4.79 Å². The zero-order valence-electron chi connectivity index (χ0n) is 11.3. The SMILES string of the molecule is CCC[C@H](N)C(=O)N[C@H](C(=O)OC)c1ccccc1. The van der Waals surface area contributed by atoms with E-state index in [-0.39, 0.29) is 5.91 Å². The Hall–Kier alpha value is -1.88. The van der Waals surface area contributed by atoms with E-state index in [2.05, 4.69) is 5.32 Å². The van der Waals surface area contributed by atoms with Gasteiger partial charge < -0.3 is 15.8 Å². The van der Waals surface area contributed by atoms with Crippen molar-refractivity contribution in [1.82, 2.24) is 5.32 Å². The smallest absolute Gasteiger partial charge is 0.333 e. The number of rotatable bonds is 6. The molecule has 0 bridgehead atoms. The third-order valence-corrected chi connectivity index (χ3v) is 2.79. The van der Waals surface area contributed by atoms with Crippen LogP contribution in [0.3, 0.4) is 0 Å². The Morgan fingerprint density at radius 1 is 1.32 bits per heavy atom. The molecule has 0 aliphatic carbocycles. The van der Waals surface area contributed by atoms with E-state index in [0.29, 0.717) is 12.0 Å². The molecule has 0 saturated heterocycles. The van der Waals surface area contributed by atoms with E-state index in [9.17, 15) is 9.59 Å². The molecule has 3 N–H and O–H groups in total. The molecular formula is C14H20N2O3. The number of hydrogen-bond acceptors (Lipinski definition) is 4. The van der Waals surface area contributed by atoms with Gasteiger partial charge in [0.2, 0.25) is 5.91 Å². The largest absolute Gasteiger partial charge is 0.467 e. The third kappa shape index (κ3) is 4.37. The van der Waals surface area contributed by atoms with Gasteiger partial charge in [0.15, 0.2) is 6.04 Å². The number of methoxy groups -OCH3 is 1. The molecule has 1 amide bonds. The lowest BCUT2D eigenvalue weighted by Crippen LogP contribution is -2.44. The highest BCUT2D eigenvalue weighted by molar-refractivity contribution is 5.88. The van der Waals surface area contributed by atoms with Gasteiger partial charge in [0.05, 0.1) is 13.2 Å². The van der Waals surface area contributed by atoms with Crippen molar-refractivity contribution in [2.45, 2.75) is 31.8 Å². The molecule has 0 fully saturated rings. The molecule has 104 valence electrons. The van der Waals surface area contributed by atoms with E-state index in [1.54, 1.807) is 24.3 Å². The van der Waals surface area contributed by atoms with Gasteiger partial charge in [-0.05, 0) is 12.0 Å². The van der Waals surface area contributed by atoms with Crippen LogP contribution >= 0.6 is 0 Å². The van der Waals surface area contributed by atoms with Crippen LogP contribution in [0.1, 0.15) is 31.4 Å². The molecule has 19 heavy (non-hydrogen) atoms. The lowest BCUT2D eigenvalue weighted by Gasteiger charge is -2.19. The number of nitrogens with two attached hydrogens (primary N) is 1. The van der Waals surface area contributed by atoms with Crippen molar-refractivity contribution >= 4 is 11.9 Å². The first-order valence-electron chi connectivity index (χ1n) is 6.28. The van der Waals surface area contributed by atoms with Gasteiger partial charge in [-0.3, -0.25) is 4.79 Å². The second-order valence-corrected chi connectivity index (χ2v) is 4.27. The zero-order chi connectivity index (χ0) is 14.3. The van der Waals surface area contributed by atoms with E-state index in [1.807, 2.05) is 13.0 Å². The van der Waals surface area contributed by atoms with Crippen LogP contribution in [0.2, 0.25) is 0 Å². The highest BCUT2D eigenvalue weighted by Crippen LogP contribution is 2.14. The second-order valence-electron chi connectivity index (χ2n) is 4.27. The van der Waals surface area contributed by atoms with Crippen LogP contribution in [0.5, 0.6) is 0 Å². The number of amides is 1. The van der Waals surface area contributed by atoms with Crippen molar-refractivity contribution in [1.29, 1.82) is 0 Å². The van der Waals surface area contributed by atoms with Crippen molar-refractivity contribution in [3.8, 4) is 0 Å². The Labute approximate surface area is 113 Å². The maximum atomic E-state index is 11.9. The first-order valence-corrected chi connectivity index (χ1v) is 6.28. The fraction of sp³-hybridized carbons (Fsp3) is 0.429. The Kier molecular flexibility index (Phi) is 6.02. The van der Waals surface area contributed by atoms with Gasteiger partial charge in [0.25, 0.3) is 0 Å². The molecule has 2 atom stereocenters. The van der Waals surface area contributed by atoms with Crippen LogP contribution < -0.4 is 11.1 Å². The van der Waals surface area contributed by atoms with Crippen molar-refractivity contribution in [3.63, 3.8) is 0 Å². The number of benzene rings is 1. The van der Waals surface area contributed by atoms with Crippen molar-refractivity contribution in [3.05, 3.63) is 35.9 Å². The number of hydrogen-bond donors (Lipinski definition) is 2. The van der Waals surface area contributed by atoms with E-state index in [0.717, 1.165) is 6.42 Å². The molecule has 5 nitrogen and oxygen atoms in total. The fourth-order valence-electron chi connectivity index (χ4n) is 1.73. The molecule has 0 aromatic heterocycles. The highest BCUT2D eigenvalue weighted by atomic mass is 16.5. The second kappa shape index (κ2) is 7.53. The number of carbonyl (C=O) groups is 2. The van der Waals surface area contributed by atoms with Crippen LogP contribution in [0.4, 0.5) is 0 Å². The summed E-state index contributed by atoms with van der Waals surface area (Å²) < 4.78 is 4.71. The Morgan fingerprint density at radius 2 is 1.95 bits per heavy atom. The molecule has 0 radical (unpaired) electrons. The lowest BCUT2D eigenvalue weighted by molar-refractivity contribution is -0.145. The summed E-state index contributed by atoms with van der Waals surface area (Å²) in [6, 6.07) is 7.51. The molecule has 0 aliphatic rings. The summed E-state index contributed by atoms with van der Waals surface area (Å²) in [6.07, 6.45) is 1.39. The number of ether oxygens (including phenoxy) is 1. The predicted molar refractivity (Wildman–Crippen MR) is 72.2 cm³/mol. The molecule has 0 heterocycles. The molecule has 0 spiro atoms. The van der Waals surface area contributed by atoms with E-state index in [1.165, 1.54) is 7.11 Å². The molecule has 1 rings (SSSR count). The molecule has 1 aromatic carbocycles. The minimum Gasteiger partial charge on any atom is -0.467 e. The molecule has 5 heteroatoms. The standard InChI is InChI=1S/C14H20N2O3/c1-3-7-11(15)13(17)16-12(14(18)19-2)10-8-5-4-6-9-10/h4-6,8-9,11-12H,3,7,15H2,1-2H3,(H,16,17)/t11-,12-/m0/s1. The fourth-order valence-corrected chi connectivity index (χ4v) is 1.73. The molecular weight excluding hydrogens is 244 g/mol. The van der Waals surface area contributed by atoms with Crippen molar-refractivity contribution < 1.29 is 14.3 Å². The topological polar surface area (TPSA) is 81.4 Å². The summed E-state index contributed by atoms with van der Waals surface area (Å²) in [5, 5.41) is 2.63. The van der Waals surface area contributed by atoms with Crippen LogP contribution in [0.15, 0.2) is 30.3 Å². The maximum Gasteiger partial charge on any atom is 0.333 e. The maximum absolute atomic E-state index is 11.9. The summed E-state index contributed by atoms with van der Waals surface area (Å²) in [5.74, 6) is -0.857. The summed E-state index contributed by atoms with van der Waals surface area (Å²) >= 11 is 0. The number of carbonyl (C=O) groups excluding carboxylic acids is 2. The average molecular weight is 264 g/mol. The van der Waals surface area contributed by atoms with Gasteiger partial charge in [0, 0.05) is 0 Å². The quantitative estimate of drug-likeness (QED) is 0.755. The predicted octanol–water partition coefficient (Wildman–Crippen LogP) is 1.14. The Morgan fingerprint density at radius 3 is 2.47 bits per heavy atom. The number of nitrogens with one attached hydrogen (secondary N) is 1. The summed E-state index contributed by atoms with van der Waals surface area (Å²) in [6.45, 7) is 1.95. The van der Waals surface area contributed by atoms with Gasteiger partial charge in [0.1, 0.15) is 0 Å². The normalized spacial score (nSPS) is 13.4. The minimum atomic E-state index is -0.818.